The van der Waals surface area contributed by atoms with Crippen molar-refractivity contribution in [3.63, 3.8) is 0 Å². The van der Waals surface area contributed by atoms with Gasteiger partial charge >= 0.3 is 0 Å². The van der Waals surface area contributed by atoms with Crippen molar-refractivity contribution in [1.29, 1.82) is 0 Å². The molecule has 1 aromatic carbocycles. The molecule has 0 aliphatic heterocycles. The van der Waals surface area contributed by atoms with Gasteiger partial charge in [-0.05, 0) is 31.0 Å². The number of ketones is 1. The Morgan fingerprint density at radius 2 is 1.94 bits per heavy atom. The van der Waals surface area contributed by atoms with E-state index in [1.54, 1.807) is 0 Å². The Labute approximate surface area is 110 Å². The summed E-state index contributed by atoms with van der Waals surface area (Å²) in [7, 11) is -3.68. The molecule has 0 unspecified atom stereocenters. The molecule has 0 saturated heterocycles. The highest BCUT2D eigenvalue weighted by Gasteiger charge is 2.33. The van der Waals surface area contributed by atoms with Gasteiger partial charge in [0, 0.05) is 10.9 Å². The van der Waals surface area contributed by atoms with Gasteiger partial charge in [-0.25, -0.2) is 8.42 Å². The molecule has 0 heterocycles. The summed E-state index contributed by atoms with van der Waals surface area (Å²) in [6.45, 7) is 0. The standard InChI is InChI=1S/C11H10Cl2O3S/c12-8-3-4-9(13)11(5-8)17(15,16)6-10(14)7-1-2-7/h3-5,7H,1-2,6H2. The first-order chi connectivity index (χ1) is 7.90. The fourth-order valence-electron chi connectivity index (χ4n) is 1.50. The molecule has 0 bridgehead atoms. The maximum atomic E-state index is 12.0. The lowest BCUT2D eigenvalue weighted by molar-refractivity contribution is -0.117. The highest BCUT2D eigenvalue weighted by molar-refractivity contribution is 7.92. The second kappa shape index (κ2) is 4.59. The van der Waals surface area contributed by atoms with Crippen LogP contribution in [0.15, 0.2) is 23.1 Å². The van der Waals surface area contributed by atoms with Crippen LogP contribution in [0.5, 0.6) is 0 Å². The molecule has 0 amide bonds. The van der Waals surface area contributed by atoms with E-state index < -0.39 is 15.6 Å². The molecule has 6 heteroatoms. The first-order valence-corrected chi connectivity index (χ1v) is 7.51. The van der Waals surface area contributed by atoms with Crippen LogP contribution in [0.1, 0.15) is 12.8 Å². The highest BCUT2D eigenvalue weighted by atomic mass is 35.5. The van der Waals surface area contributed by atoms with Crippen molar-refractivity contribution in [3.8, 4) is 0 Å². The largest absolute Gasteiger partial charge is 0.298 e. The molecule has 0 aromatic heterocycles. The summed E-state index contributed by atoms with van der Waals surface area (Å²) >= 11 is 11.5. The minimum atomic E-state index is -3.68. The summed E-state index contributed by atoms with van der Waals surface area (Å²) in [5, 5.41) is 0.379. The number of halogens is 2. The van der Waals surface area contributed by atoms with E-state index in [2.05, 4.69) is 0 Å². The van der Waals surface area contributed by atoms with Gasteiger partial charge in [0.05, 0.1) is 9.92 Å². The zero-order valence-electron chi connectivity index (χ0n) is 8.82. The van der Waals surface area contributed by atoms with E-state index in [1.165, 1.54) is 18.2 Å². The summed E-state index contributed by atoms with van der Waals surface area (Å²) < 4.78 is 24.0. The Bertz CT molecular complexity index is 562. The third kappa shape index (κ3) is 3.00. The molecule has 1 aliphatic rings. The van der Waals surface area contributed by atoms with Gasteiger partial charge in [0.25, 0.3) is 0 Å². The molecule has 1 aliphatic carbocycles. The quantitative estimate of drug-likeness (QED) is 0.857. The van der Waals surface area contributed by atoms with Crippen LogP contribution < -0.4 is 0 Å². The van der Waals surface area contributed by atoms with E-state index >= 15 is 0 Å². The monoisotopic (exact) mass is 292 g/mol. The molecule has 0 atom stereocenters. The van der Waals surface area contributed by atoms with Crippen LogP contribution in [0.2, 0.25) is 10.0 Å². The summed E-state index contributed by atoms with van der Waals surface area (Å²) in [4.78, 5) is 11.5. The van der Waals surface area contributed by atoms with Gasteiger partial charge in [0.1, 0.15) is 5.75 Å². The molecule has 0 radical (unpaired) electrons. The van der Waals surface area contributed by atoms with E-state index in [1.807, 2.05) is 0 Å². The molecule has 1 fully saturated rings. The smallest absolute Gasteiger partial charge is 0.186 e. The van der Waals surface area contributed by atoms with Crippen LogP contribution in [0.25, 0.3) is 0 Å². The van der Waals surface area contributed by atoms with Crippen LogP contribution in [0.4, 0.5) is 0 Å². The molecule has 0 N–H and O–H groups in total. The Morgan fingerprint density at radius 3 is 2.53 bits per heavy atom. The maximum absolute atomic E-state index is 12.0. The number of hydrogen-bond acceptors (Lipinski definition) is 3. The van der Waals surface area contributed by atoms with Gasteiger partial charge in [0.15, 0.2) is 15.6 Å². The summed E-state index contributed by atoms with van der Waals surface area (Å²) in [6, 6.07) is 4.20. The maximum Gasteiger partial charge on any atom is 0.186 e. The van der Waals surface area contributed by atoms with Gasteiger partial charge in [-0.3, -0.25) is 4.79 Å². The van der Waals surface area contributed by atoms with Crippen molar-refractivity contribution < 1.29 is 13.2 Å². The molecule has 17 heavy (non-hydrogen) atoms. The van der Waals surface area contributed by atoms with Gasteiger partial charge in [-0.1, -0.05) is 23.2 Å². The molecule has 92 valence electrons. The number of carbonyl (C=O) groups excluding carboxylic acids is 1. The minimum Gasteiger partial charge on any atom is -0.298 e. The van der Waals surface area contributed by atoms with Crippen LogP contribution in [-0.2, 0) is 14.6 Å². The lowest BCUT2D eigenvalue weighted by Crippen LogP contribution is -2.17. The van der Waals surface area contributed by atoms with Crippen molar-refractivity contribution >= 4 is 38.8 Å². The number of benzene rings is 1. The second-order valence-corrected chi connectivity index (χ2v) is 6.88. The highest BCUT2D eigenvalue weighted by Crippen LogP contribution is 2.32. The van der Waals surface area contributed by atoms with E-state index in [-0.39, 0.29) is 26.6 Å². The molecule has 1 saturated carbocycles. The van der Waals surface area contributed by atoms with Crippen LogP contribution in [-0.4, -0.2) is 20.0 Å². The average molecular weight is 293 g/mol. The topological polar surface area (TPSA) is 51.2 Å². The third-order valence-electron chi connectivity index (χ3n) is 2.59. The molecule has 2 rings (SSSR count). The molecule has 3 nitrogen and oxygen atoms in total. The van der Waals surface area contributed by atoms with E-state index in [9.17, 15) is 13.2 Å². The molecule has 1 aromatic rings. The predicted molar refractivity (Wildman–Crippen MR) is 66.2 cm³/mol. The van der Waals surface area contributed by atoms with Crippen molar-refractivity contribution in [3.05, 3.63) is 28.2 Å². The van der Waals surface area contributed by atoms with Gasteiger partial charge in [0.2, 0.25) is 0 Å². The third-order valence-corrected chi connectivity index (χ3v) is 4.94. The summed E-state index contributed by atoms with van der Waals surface area (Å²) in [6.07, 6.45) is 1.58. The van der Waals surface area contributed by atoms with E-state index in [0.717, 1.165) is 12.8 Å². The number of sulfone groups is 1. The number of Topliss-reactive ketones (excluding diaryl/α,β-unsaturated/α-hetero) is 1. The fraction of sp³-hybridized carbons (Fsp3) is 0.364. The lowest BCUT2D eigenvalue weighted by Gasteiger charge is -2.06. The van der Waals surface area contributed by atoms with Crippen molar-refractivity contribution in [2.75, 3.05) is 5.75 Å². The Kier molecular flexibility index (Phi) is 3.48. The normalized spacial score (nSPS) is 15.9. The van der Waals surface area contributed by atoms with Crippen molar-refractivity contribution in [2.45, 2.75) is 17.7 Å². The average Bonchev–Trinajstić information content (AvgIpc) is 3.04. The Hall–Kier alpha value is -0.580. The fourth-order valence-corrected chi connectivity index (χ4v) is 3.65. The SMILES string of the molecule is O=C(CS(=O)(=O)c1cc(Cl)ccc1Cl)C1CC1. The Balaban J connectivity index is 2.30. The lowest BCUT2D eigenvalue weighted by atomic mass is 10.3. The Morgan fingerprint density at radius 1 is 1.29 bits per heavy atom. The van der Waals surface area contributed by atoms with E-state index in [4.69, 9.17) is 23.2 Å². The zero-order chi connectivity index (χ0) is 12.6. The first kappa shape index (κ1) is 12.9. The number of rotatable bonds is 4. The van der Waals surface area contributed by atoms with Crippen LogP contribution in [0, 0.1) is 5.92 Å². The summed E-state index contributed by atoms with van der Waals surface area (Å²) in [5.41, 5.74) is 0. The van der Waals surface area contributed by atoms with Gasteiger partial charge in [-0.2, -0.15) is 0 Å². The van der Waals surface area contributed by atoms with Gasteiger partial charge in [-0.15, -0.1) is 0 Å². The number of hydrogen-bond donors (Lipinski definition) is 0. The molecular formula is C11H10Cl2O3S. The number of carbonyl (C=O) groups is 1. The van der Waals surface area contributed by atoms with Gasteiger partial charge < -0.3 is 0 Å². The molecular weight excluding hydrogens is 283 g/mol. The predicted octanol–water partition coefficient (Wildman–Crippen LogP) is 2.75. The van der Waals surface area contributed by atoms with Crippen LogP contribution in [0.3, 0.4) is 0 Å². The first-order valence-electron chi connectivity index (χ1n) is 5.10. The molecule has 0 spiro atoms. The minimum absolute atomic E-state index is 0.0688. The van der Waals surface area contributed by atoms with Crippen LogP contribution >= 0.6 is 23.2 Å². The van der Waals surface area contributed by atoms with E-state index in [0.29, 0.717) is 0 Å². The van der Waals surface area contributed by atoms with Crippen molar-refractivity contribution in [1.82, 2.24) is 0 Å². The summed E-state index contributed by atoms with van der Waals surface area (Å²) in [5.74, 6) is -0.804. The zero-order valence-corrected chi connectivity index (χ0v) is 11.1. The van der Waals surface area contributed by atoms with Crippen molar-refractivity contribution in [2.24, 2.45) is 5.92 Å². The second-order valence-electron chi connectivity index (χ2n) is 4.07.